The number of methoxy groups -OCH3 is 1. The van der Waals surface area contributed by atoms with Crippen LogP contribution in [-0.2, 0) is 13.0 Å². The van der Waals surface area contributed by atoms with E-state index in [4.69, 9.17) is 15.5 Å². The molecule has 158 valence electrons. The average Bonchev–Trinajstić information content (AvgIpc) is 3.38. The molecule has 5 nitrogen and oxygen atoms in total. The molecule has 1 amide bonds. The van der Waals surface area contributed by atoms with Gasteiger partial charge in [-0.25, -0.2) is 9.37 Å². The Kier molecular flexibility index (Phi) is 5.86. The number of benzene rings is 2. The zero-order valence-corrected chi connectivity index (χ0v) is 18.1. The van der Waals surface area contributed by atoms with Gasteiger partial charge in [0.1, 0.15) is 16.6 Å². The number of halogens is 1. The normalized spacial score (nSPS) is 10.9. The van der Waals surface area contributed by atoms with Crippen molar-refractivity contribution in [1.29, 1.82) is 0 Å². The van der Waals surface area contributed by atoms with Gasteiger partial charge in [-0.2, -0.15) is 0 Å². The van der Waals surface area contributed by atoms with Crippen molar-refractivity contribution in [2.45, 2.75) is 19.9 Å². The van der Waals surface area contributed by atoms with Gasteiger partial charge in [-0.05, 0) is 61.4 Å². The number of amides is 1. The molecule has 0 saturated heterocycles. The number of primary amides is 1. The third-order valence-electron chi connectivity index (χ3n) is 5.27. The first kappa shape index (κ1) is 20.8. The lowest BCUT2D eigenvalue weighted by molar-refractivity contribution is 0.0999. The summed E-state index contributed by atoms with van der Waals surface area (Å²) in [5, 5.41) is 2.86. The van der Waals surface area contributed by atoms with Gasteiger partial charge in [-0.15, -0.1) is 11.3 Å². The van der Waals surface area contributed by atoms with E-state index >= 15 is 0 Å². The number of hydrogen-bond acceptors (Lipinski definition) is 4. The number of thiazole rings is 1. The van der Waals surface area contributed by atoms with Crippen molar-refractivity contribution in [3.63, 3.8) is 0 Å². The summed E-state index contributed by atoms with van der Waals surface area (Å²) in [6.07, 6.45) is 0.691. The minimum atomic E-state index is -0.468. The molecule has 0 aliphatic carbocycles. The summed E-state index contributed by atoms with van der Waals surface area (Å²) in [6, 6.07) is 16.0. The van der Waals surface area contributed by atoms with Crippen LogP contribution in [0.2, 0.25) is 0 Å². The topological polar surface area (TPSA) is 70.1 Å². The van der Waals surface area contributed by atoms with Gasteiger partial charge in [0.25, 0.3) is 5.91 Å². The minimum Gasteiger partial charge on any atom is -0.497 e. The molecule has 0 radical (unpaired) electrons. The average molecular weight is 436 g/mol. The van der Waals surface area contributed by atoms with Gasteiger partial charge in [-0.1, -0.05) is 12.1 Å². The van der Waals surface area contributed by atoms with Crippen LogP contribution in [0.3, 0.4) is 0 Å². The summed E-state index contributed by atoms with van der Waals surface area (Å²) >= 11 is 1.54. The second kappa shape index (κ2) is 8.73. The molecule has 0 unspecified atom stereocenters. The van der Waals surface area contributed by atoms with E-state index in [2.05, 4.69) is 4.57 Å². The number of nitrogens with zero attached hydrogens (tertiary/aromatic N) is 2. The van der Waals surface area contributed by atoms with Crippen molar-refractivity contribution in [1.82, 2.24) is 9.55 Å². The fourth-order valence-electron chi connectivity index (χ4n) is 3.54. The SMILES string of the molecule is COc1ccc(-c2nc(-c3cc(C(N)=O)c(C)n3CCc3ccc(F)cc3)cs2)cc1. The summed E-state index contributed by atoms with van der Waals surface area (Å²) in [4.78, 5) is 16.8. The van der Waals surface area contributed by atoms with Crippen molar-refractivity contribution in [2.75, 3.05) is 7.11 Å². The molecule has 0 aliphatic heterocycles. The summed E-state index contributed by atoms with van der Waals surface area (Å²) in [6.45, 7) is 2.50. The zero-order valence-electron chi connectivity index (χ0n) is 17.3. The number of aryl methyl sites for hydroxylation is 1. The van der Waals surface area contributed by atoms with E-state index in [0.717, 1.165) is 39.0 Å². The van der Waals surface area contributed by atoms with Crippen LogP contribution in [0.25, 0.3) is 22.0 Å². The number of hydrogen-bond donors (Lipinski definition) is 1. The van der Waals surface area contributed by atoms with E-state index in [1.807, 2.05) is 36.6 Å². The van der Waals surface area contributed by atoms with Crippen molar-refractivity contribution >= 4 is 17.2 Å². The molecular weight excluding hydrogens is 413 g/mol. The van der Waals surface area contributed by atoms with Crippen LogP contribution in [0.4, 0.5) is 4.39 Å². The molecule has 31 heavy (non-hydrogen) atoms. The quantitative estimate of drug-likeness (QED) is 0.440. The summed E-state index contributed by atoms with van der Waals surface area (Å²) in [5.74, 6) is 0.0629. The highest BCUT2D eigenvalue weighted by Gasteiger charge is 2.19. The van der Waals surface area contributed by atoms with E-state index in [1.54, 1.807) is 25.3 Å². The monoisotopic (exact) mass is 435 g/mol. The van der Waals surface area contributed by atoms with Gasteiger partial charge in [0, 0.05) is 23.2 Å². The Balaban J connectivity index is 1.67. The molecule has 0 bridgehead atoms. The lowest BCUT2D eigenvalue weighted by atomic mass is 10.1. The van der Waals surface area contributed by atoms with Crippen LogP contribution in [-0.4, -0.2) is 22.6 Å². The van der Waals surface area contributed by atoms with Crippen molar-refractivity contribution < 1.29 is 13.9 Å². The number of nitrogens with two attached hydrogens (primary N) is 1. The van der Waals surface area contributed by atoms with Crippen molar-refractivity contribution in [3.05, 3.63) is 82.6 Å². The smallest absolute Gasteiger partial charge is 0.250 e. The molecule has 0 aliphatic rings. The number of carbonyl (C=O) groups is 1. The van der Waals surface area contributed by atoms with E-state index in [-0.39, 0.29) is 5.82 Å². The highest BCUT2D eigenvalue weighted by atomic mass is 32.1. The third kappa shape index (κ3) is 4.36. The first-order valence-electron chi connectivity index (χ1n) is 9.81. The van der Waals surface area contributed by atoms with Crippen molar-refractivity contribution in [2.24, 2.45) is 5.73 Å². The van der Waals surface area contributed by atoms with E-state index in [1.165, 1.54) is 23.5 Å². The minimum absolute atomic E-state index is 0.258. The van der Waals surface area contributed by atoms with Gasteiger partial charge in [0.05, 0.1) is 24.1 Å². The van der Waals surface area contributed by atoms with Crippen molar-refractivity contribution in [3.8, 4) is 27.7 Å². The zero-order chi connectivity index (χ0) is 22.0. The highest BCUT2D eigenvalue weighted by molar-refractivity contribution is 7.13. The second-order valence-electron chi connectivity index (χ2n) is 7.19. The molecule has 7 heteroatoms. The Morgan fingerprint density at radius 2 is 1.87 bits per heavy atom. The molecule has 2 aromatic carbocycles. The van der Waals surface area contributed by atoms with Gasteiger partial charge >= 0.3 is 0 Å². The van der Waals surface area contributed by atoms with Crippen LogP contribution in [0.1, 0.15) is 21.6 Å². The molecule has 2 N–H and O–H groups in total. The standard InChI is InChI=1S/C24H22FN3O2S/c1-15-20(23(26)29)13-22(28(15)12-11-16-3-7-18(25)8-4-16)21-14-31-24(27-21)17-5-9-19(30-2)10-6-17/h3-10,13-14H,11-12H2,1-2H3,(H2,26,29). The number of aromatic nitrogens is 2. The second-order valence-corrected chi connectivity index (χ2v) is 8.05. The largest absolute Gasteiger partial charge is 0.497 e. The Hall–Kier alpha value is -3.45. The fraction of sp³-hybridized carbons (Fsp3) is 0.167. The molecule has 2 aromatic heterocycles. The number of ether oxygens (including phenoxy) is 1. The maximum atomic E-state index is 13.2. The molecule has 0 atom stereocenters. The molecule has 0 saturated carbocycles. The predicted molar refractivity (Wildman–Crippen MR) is 121 cm³/mol. The van der Waals surface area contributed by atoms with Gasteiger partial charge in [-0.3, -0.25) is 4.79 Å². The molecular formula is C24H22FN3O2S. The predicted octanol–water partition coefficient (Wildman–Crippen LogP) is 5.08. The van der Waals surface area contributed by atoms with Crippen LogP contribution < -0.4 is 10.5 Å². The van der Waals surface area contributed by atoms with E-state index < -0.39 is 5.91 Å². The molecule has 0 fully saturated rings. The Morgan fingerprint density at radius 1 is 1.16 bits per heavy atom. The lowest BCUT2D eigenvalue weighted by Crippen LogP contribution is -2.13. The summed E-state index contributed by atoms with van der Waals surface area (Å²) in [7, 11) is 1.63. The molecule has 0 spiro atoms. The van der Waals surface area contributed by atoms with Gasteiger partial charge in [0.15, 0.2) is 0 Å². The van der Waals surface area contributed by atoms with Crippen LogP contribution in [0.15, 0.2) is 60.0 Å². The molecule has 4 aromatic rings. The first-order chi connectivity index (χ1) is 15.0. The Bertz CT molecular complexity index is 1210. The Morgan fingerprint density at radius 3 is 2.52 bits per heavy atom. The van der Waals surface area contributed by atoms with Gasteiger partial charge < -0.3 is 15.0 Å². The van der Waals surface area contributed by atoms with Gasteiger partial charge in [0.2, 0.25) is 0 Å². The maximum Gasteiger partial charge on any atom is 0.250 e. The Labute approximate surface area is 183 Å². The highest BCUT2D eigenvalue weighted by Crippen LogP contribution is 2.32. The summed E-state index contributed by atoms with van der Waals surface area (Å²) in [5.41, 5.74) is 10.5. The first-order valence-corrected chi connectivity index (χ1v) is 10.7. The maximum absolute atomic E-state index is 13.2. The van der Waals surface area contributed by atoms with Crippen LogP contribution in [0, 0.1) is 12.7 Å². The number of rotatable bonds is 7. The van der Waals surface area contributed by atoms with E-state index in [9.17, 15) is 9.18 Å². The molecule has 4 rings (SSSR count). The van der Waals surface area contributed by atoms with Crippen LogP contribution in [0.5, 0.6) is 5.75 Å². The van der Waals surface area contributed by atoms with E-state index in [0.29, 0.717) is 18.5 Å². The fourth-order valence-corrected chi connectivity index (χ4v) is 4.36. The lowest BCUT2D eigenvalue weighted by Gasteiger charge is -2.11. The van der Waals surface area contributed by atoms with Crippen LogP contribution >= 0.6 is 11.3 Å². The number of carbonyl (C=O) groups excluding carboxylic acids is 1. The summed E-state index contributed by atoms with van der Waals surface area (Å²) < 4.78 is 20.5. The third-order valence-corrected chi connectivity index (χ3v) is 6.16. The molecule has 2 heterocycles.